The number of rotatable bonds is 28. The normalized spacial score (nSPS) is 16.0. The van der Waals surface area contributed by atoms with Crippen LogP contribution in [-0.2, 0) is 33.5 Å². The van der Waals surface area contributed by atoms with Crippen molar-refractivity contribution >= 4 is 5.97 Å². The van der Waals surface area contributed by atoms with Gasteiger partial charge in [-0.25, -0.2) is 4.79 Å². The van der Waals surface area contributed by atoms with Crippen molar-refractivity contribution in [3.05, 3.63) is 101 Å². The van der Waals surface area contributed by atoms with Crippen molar-refractivity contribution < 1.29 is 34.3 Å². The third-order valence-corrected chi connectivity index (χ3v) is 12.9. The molecule has 3 N–H and O–H groups in total. The largest absolute Gasteiger partial charge is 0.493 e. The number of aryl methyl sites for hydroxylation is 3. The Bertz CT molecular complexity index is 1800. The second-order valence-corrected chi connectivity index (χ2v) is 17.9. The molecule has 3 aromatic rings. The number of carbonyl (C=O) groups is 1. The number of carbonyl (C=O) groups excluding carboxylic acids is 1. The van der Waals surface area contributed by atoms with Gasteiger partial charge < -0.3 is 29.5 Å². The number of benzene rings is 3. The number of aliphatic hydroxyl groups excluding tert-OH is 3. The van der Waals surface area contributed by atoms with E-state index in [0.29, 0.717) is 62.4 Å². The Morgan fingerprint density at radius 2 is 1.36 bits per heavy atom. The van der Waals surface area contributed by atoms with Crippen LogP contribution >= 0.6 is 0 Å². The number of ether oxygens (including phenoxy) is 3. The number of aliphatic hydroxyl groups is 3. The van der Waals surface area contributed by atoms with Crippen LogP contribution in [0.2, 0.25) is 0 Å². The highest BCUT2D eigenvalue weighted by Gasteiger charge is 2.29. The summed E-state index contributed by atoms with van der Waals surface area (Å²) in [5.74, 6) is 1.94. The van der Waals surface area contributed by atoms with Gasteiger partial charge >= 0.3 is 5.97 Å². The topological polar surface area (TPSA) is 105 Å². The molecule has 1 unspecified atom stereocenters. The summed E-state index contributed by atoms with van der Waals surface area (Å²) in [4.78, 5) is 12.2. The van der Waals surface area contributed by atoms with Crippen molar-refractivity contribution in [3.63, 3.8) is 0 Å². The standard InChI is InChI=1S/C54H78O7/c1-8-11-13-16-41-19-21-43(22-20-41)44-23-25-45(26-24-44)50-28-27-46(34-42(50)10-3)49-35-47(17-14-31-60-52(57)39(4)5)51(48(36-49)18-15-32-61-53(58)40(6)7)59-33-30-54(37-55,38-56)29-12-9-2/h23-28,34-36,41,43,52,55-57H,4,6,8-22,29-33,37-38H2,1-3,5,7H3. The van der Waals surface area contributed by atoms with Crippen molar-refractivity contribution in [2.24, 2.45) is 11.3 Å². The molecule has 0 spiro atoms. The first-order chi connectivity index (χ1) is 29.5. The zero-order valence-electron chi connectivity index (χ0n) is 38.4. The molecule has 1 aliphatic carbocycles. The summed E-state index contributed by atoms with van der Waals surface area (Å²) >= 11 is 0. The van der Waals surface area contributed by atoms with Crippen molar-refractivity contribution in [2.45, 2.75) is 156 Å². The van der Waals surface area contributed by atoms with Crippen molar-refractivity contribution in [2.75, 3.05) is 33.0 Å². The van der Waals surface area contributed by atoms with Crippen LogP contribution in [0, 0.1) is 11.3 Å². The number of hydrogen-bond donors (Lipinski definition) is 3. The molecule has 0 heterocycles. The summed E-state index contributed by atoms with van der Waals surface area (Å²) in [6.45, 7) is 18.2. The SMILES string of the molecule is C=C(C)C(=O)OCCCc1cc(-c2ccc(-c3ccc(C4CCC(CCCCC)CC4)cc3)c(CC)c2)cc(CCCOC(O)C(=C)C)c1OCCC(CO)(CO)CCCC. The van der Waals surface area contributed by atoms with E-state index in [1.807, 2.05) is 0 Å². The van der Waals surface area contributed by atoms with Crippen LogP contribution in [0.15, 0.2) is 78.9 Å². The van der Waals surface area contributed by atoms with Gasteiger partial charge in [0.15, 0.2) is 6.29 Å². The smallest absolute Gasteiger partial charge is 0.333 e. The summed E-state index contributed by atoms with van der Waals surface area (Å²) < 4.78 is 17.8. The predicted molar refractivity (Wildman–Crippen MR) is 251 cm³/mol. The zero-order valence-corrected chi connectivity index (χ0v) is 38.4. The zero-order chi connectivity index (χ0) is 44.2. The predicted octanol–water partition coefficient (Wildman–Crippen LogP) is 12.3. The molecule has 3 aromatic carbocycles. The van der Waals surface area contributed by atoms with Gasteiger partial charge in [-0.1, -0.05) is 115 Å². The summed E-state index contributed by atoms with van der Waals surface area (Å²) in [5.41, 5.74) is 9.76. The van der Waals surface area contributed by atoms with Gasteiger partial charge in [-0.3, -0.25) is 0 Å². The van der Waals surface area contributed by atoms with Crippen molar-refractivity contribution in [1.82, 2.24) is 0 Å². The summed E-state index contributed by atoms with van der Waals surface area (Å²) in [6.07, 6.45) is 16.2. The molecule has 0 amide bonds. The van der Waals surface area contributed by atoms with Gasteiger partial charge in [0.25, 0.3) is 0 Å². The third-order valence-electron chi connectivity index (χ3n) is 12.9. The van der Waals surface area contributed by atoms with Gasteiger partial charge in [0.1, 0.15) is 5.75 Å². The first kappa shape index (κ1) is 49.9. The highest BCUT2D eigenvalue weighted by Crippen LogP contribution is 2.40. The molecule has 1 atom stereocenters. The van der Waals surface area contributed by atoms with Gasteiger partial charge in [-0.05, 0) is 159 Å². The van der Waals surface area contributed by atoms with Gasteiger partial charge in [-0.2, -0.15) is 0 Å². The fourth-order valence-electron chi connectivity index (χ4n) is 8.79. The summed E-state index contributed by atoms with van der Waals surface area (Å²) in [7, 11) is 0. The van der Waals surface area contributed by atoms with E-state index >= 15 is 0 Å². The quantitative estimate of drug-likeness (QED) is 0.0220. The van der Waals surface area contributed by atoms with Gasteiger partial charge in [0, 0.05) is 11.0 Å². The maximum absolute atomic E-state index is 12.2. The second-order valence-electron chi connectivity index (χ2n) is 17.9. The Kier molecular flexibility index (Phi) is 21.3. The molecular formula is C54H78O7. The minimum absolute atomic E-state index is 0.109. The maximum atomic E-state index is 12.2. The van der Waals surface area contributed by atoms with Gasteiger partial charge in [0.05, 0.1) is 33.0 Å². The summed E-state index contributed by atoms with van der Waals surface area (Å²) in [6, 6.07) is 20.6. The molecule has 0 aliphatic heterocycles. The first-order valence-electron chi connectivity index (χ1n) is 23.5. The number of unbranched alkanes of at least 4 members (excludes halogenated alkanes) is 3. The molecular weight excluding hydrogens is 761 g/mol. The Morgan fingerprint density at radius 1 is 0.738 bits per heavy atom. The molecule has 0 saturated heterocycles. The highest BCUT2D eigenvalue weighted by molar-refractivity contribution is 5.86. The van der Waals surface area contributed by atoms with Crippen molar-refractivity contribution in [1.29, 1.82) is 0 Å². The van der Waals surface area contributed by atoms with E-state index in [9.17, 15) is 20.1 Å². The van der Waals surface area contributed by atoms with E-state index in [0.717, 1.165) is 59.6 Å². The lowest BCUT2D eigenvalue weighted by atomic mass is 9.77. The maximum Gasteiger partial charge on any atom is 0.333 e. The number of hydrogen-bond acceptors (Lipinski definition) is 7. The number of esters is 1. The Morgan fingerprint density at radius 3 is 1.95 bits per heavy atom. The third kappa shape index (κ3) is 15.2. The van der Waals surface area contributed by atoms with Gasteiger partial charge in [0.2, 0.25) is 0 Å². The molecule has 0 bridgehead atoms. The molecule has 61 heavy (non-hydrogen) atoms. The highest BCUT2D eigenvalue weighted by atomic mass is 16.6. The van der Waals surface area contributed by atoms with Crippen LogP contribution in [0.4, 0.5) is 0 Å². The first-order valence-corrected chi connectivity index (χ1v) is 23.5. The molecule has 0 radical (unpaired) electrons. The molecule has 4 rings (SSSR count). The van der Waals surface area contributed by atoms with Crippen LogP contribution in [0.5, 0.6) is 5.75 Å². The van der Waals surface area contributed by atoms with Crippen LogP contribution < -0.4 is 4.74 Å². The molecule has 7 nitrogen and oxygen atoms in total. The molecule has 1 saturated carbocycles. The second kappa shape index (κ2) is 26.0. The van der Waals surface area contributed by atoms with E-state index in [4.69, 9.17) is 14.2 Å². The fourth-order valence-corrected chi connectivity index (χ4v) is 8.79. The van der Waals surface area contributed by atoms with Crippen LogP contribution in [0.25, 0.3) is 22.3 Å². The van der Waals surface area contributed by atoms with E-state index in [1.165, 1.54) is 73.6 Å². The van der Waals surface area contributed by atoms with Crippen molar-refractivity contribution in [3.8, 4) is 28.0 Å². The van der Waals surface area contributed by atoms with Gasteiger partial charge in [-0.15, -0.1) is 0 Å². The van der Waals surface area contributed by atoms with E-state index in [-0.39, 0.29) is 19.8 Å². The Hall–Kier alpha value is -3.75. The average molecular weight is 839 g/mol. The minimum Gasteiger partial charge on any atom is -0.493 e. The molecule has 7 heteroatoms. The lowest BCUT2D eigenvalue weighted by Gasteiger charge is -2.30. The van der Waals surface area contributed by atoms with Crippen LogP contribution in [0.3, 0.4) is 0 Å². The fraction of sp³-hybridized carbons (Fsp3) is 0.574. The van der Waals surface area contributed by atoms with E-state index in [2.05, 4.69) is 88.5 Å². The van der Waals surface area contributed by atoms with E-state index in [1.54, 1.807) is 13.8 Å². The van der Waals surface area contributed by atoms with Crippen LogP contribution in [-0.4, -0.2) is 60.6 Å². The molecule has 1 aliphatic rings. The lowest BCUT2D eigenvalue weighted by Crippen LogP contribution is -2.32. The monoisotopic (exact) mass is 839 g/mol. The molecule has 336 valence electrons. The average Bonchev–Trinajstić information content (AvgIpc) is 3.28. The summed E-state index contributed by atoms with van der Waals surface area (Å²) in [5, 5.41) is 31.0. The van der Waals surface area contributed by atoms with Crippen LogP contribution in [0.1, 0.15) is 153 Å². The Labute approximate surface area is 368 Å². The van der Waals surface area contributed by atoms with E-state index < -0.39 is 17.7 Å². The lowest BCUT2D eigenvalue weighted by molar-refractivity contribution is -0.139. The molecule has 0 aromatic heterocycles. The molecule has 1 fully saturated rings. The Balaban J connectivity index is 1.64. The minimum atomic E-state index is -1.02.